The Balaban J connectivity index is 3.01. The van der Waals surface area contributed by atoms with Gasteiger partial charge in [0.15, 0.2) is 3.95 Å². The topological polar surface area (TPSA) is 31.2 Å². The lowest BCUT2D eigenvalue weighted by molar-refractivity contribution is -0.141. The molecule has 0 fully saturated rings. The zero-order valence-electron chi connectivity index (χ0n) is 6.16. The Kier molecular flexibility index (Phi) is 2.41. The summed E-state index contributed by atoms with van der Waals surface area (Å²) in [5, 5.41) is 1.84. The van der Waals surface area contributed by atoms with Crippen LogP contribution in [0.4, 0.5) is 0 Å². The van der Waals surface area contributed by atoms with Gasteiger partial charge in [-0.3, -0.25) is 0 Å². The molecule has 0 radical (unpaired) electrons. The zero-order valence-corrected chi connectivity index (χ0v) is 7.79. The standard InChI is InChI=1S/C6H7NO2S2/c1-4-3-11-6(10)7(4)9-5(2)8/h3H,1-2H3. The van der Waals surface area contributed by atoms with Crippen LogP contribution in [0.25, 0.3) is 0 Å². The van der Waals surface area contributed by atoms with Crippen molar-refractivity contribution < 1.29 is 9.63 Å². The van der Waals surface area contributed by atoms with Crippen LogP contribution in [-0.4, -0.2) is 10.7 Å². The molecule has 0 aliphatic carbocycles. The third kappa shape index (κ3) is 1.87. The minimum absolute atomic E-state index is 0.359. The van der Waals surface area contributed by atoms with Crippen molar-refractivity contribution in [2.75, 3.05) is 0 Å². The third-order valence-corrected chi connectivity index (χ3v) is 2.32. The molecule has 0 aliphatic rings. The van der Waals surface area contributed by atoms with Crippen molar-refractivity contribution in [3.8, 4) is 0 Å². The molecule has 3 nitrogen and oxygen atoms in total. The summed E-state index contributed by atoms with van der Waals surface area (Å²) in [5.74, 6) is -0.359. The molecule has 0 amide bonds. The summed E-state index contributed by atoms with van der Waals surface area (Å²) in [6, 6.07) is 0. The highest BCUT2D eigenvalue weighted by atomic mass is 32.1. The highest BCUT2D eigenvalue weighted by Crippen LogP contribution is 2.07. The lowest BCUT2D eigenvalue weighted by Crippen LogP contribution is -2.17. The molecule has 1 rings (SSSR count). The summed E-state index contributed by atoms with van der Waals surface area (Å²) in [6.45, 7) is 3.17. The molecular weight excluding hydrogens is 182 g/mol. The largest absolute Gasteiger partial charge is 0.335 e. The highest BCUT2D eigenvalue weighted by Gasteiger charge is 2.01. The number of hydrogen-bond acceptors (Lipinski definition) is 4. The first-order valence-corrected chi connectivity index (χ1v) is 4.26. The van der Waals surface area contributed by atoms with E-state index in [0.717, 1.165) is 5.69 Å². The summed E-state index contributed by atoms with van der Waals surface area (Å²) in [4.78, 5) is 15.3. The second-order valence-corrected chi connectivity index (χ2v) is 3.52. The summed E-state index contributed by atoms with van der Waals surface area (Å²) in [6.07, 6.45) is 0. The van der Waals surface area contributed by atoms with E-state index in [4.69, 9.17) is 17.1 Å². The van der Waals surface area contributed by atoms with E-state index in [1.807, 2.05) is 12.3 Å². The van der Waals surface area contributed by atoms with E-state index in [-0.39, 0.29) is 5.97 Å². The molecule has 0 saturated carbocycles. The Morgan fingerprint density at radius 3 is 2.82 bits per heavy atom. The fourth-order valence-electron chi connectivity index (χ4n) is 0.613. The van der Waals surface area contributed by atoms with Gasteiger partial charge >= 0.3 is 5.97 Å². The van der Waals surface area contributed by atoms with Gasteiger partial charge in [-0.25, -0.2) is 4.79 Å². The quantitative estimate of drug-likeness (QED) is 0.628. The Morgan fingerprint density at radius 2 is 2.45 bits per heavy atom. The average Bonchev–Trinajstić information content (AvgIpc) is 2.18. The van der Waals surface area contributed by atoms with Gasteiger partial charge in [-0.1, -0.05) is 0 Å². The maximum Gasteiger partial charge on any atom is 0.329 e. The van der Waals surface area contributed by atoms with Crippen molar-refractivity contribution in [1.29, 1.82) is 0 Å². The summed E-state index contributed by atoms with van der Waals surface area (Å²) in [5.41, 5.74) is 0.843. The summed E-state index contributed by atoms with van der Waals surface area (Å²) in [7, 11) is 0. The Hall–Kier alpha value is -0.680. The van der Waals surface area contributed by atoms with Crippen molar-refractivity contribution in [2.24, 2.45) is 0 Å². The first-order valence-electron chi connectivity index (χ1n) is 2.97. The van der Waals surface area contributed by atoms with E-state index in [1.165, 1.54) is 23.0 Å². The molecule has 0 saturated heterocycles. The first-order chi connectivity index (χ1) is 5.11. The molecule has 1 heterocycles. The van der Waals surface area contributed by atoms with Gasteiger partial charge in [0, 0.05) is 12.3 Å². The summed E-state index contributed by atoms with van der Waals surface area (Å²) >= 11 is 6.27. The number of carbonyl (C=O) groups excluding carboxylic acids is 1. The van der Waals surface area contributed by atoms with Gasteiger partial charge in [0.25, 0.3) is 0 Å². The molecule has 0 atom stereocenters. The minimum atomic E-state index is -0.359. The van der Waals surface area contributed by atoms with Crippen LogP contribution in [0.2, 0.25) is 0 Å². The number of hydrogen-bond donors (Lipinski definition) is 0. The Labute approximate surface area is 73.2 Å². The molecule has 0 N–H and O–H groups in total. The monoisotopic (exact) mass is 189 g/mol. The van der Waals surface area contributed by atoms with Crippen LogP contribution >= 0.6 is 23.6 Å². The number of rotatable bonds is 1. The molecule has 0 aromatic carbocycles. The number of carbonyl (C=O) groups is 1. The number of thiazole rings is 1. The Bertz CT molecular complexity index is 326. The van der Waals surface area contributed by atoms with Crippen molar-refractivity contribution in [3.05, 3.63) is 15.0 Å². The predicted octanol–water partition coefficient (Wildman–Crippen LogP) is 1.56. The highest BCUT2D eigenvalue weighted by molar-refractivity contribution is 7.73. The second kappa shape index (κ2) is 3.15. The molecule has 11 heavy (non-hydrogen) atoms. The smallest absolute Gasteiger partial charge is 0.329 e. The number of aryl methyl sites for hydroxylation is 1. The lowest BCUT2D eigenvalue weighted by Gasteiger charge is -2.01. The van der Waals surface area contributed by atoms with Gasteiger partial charge in [0.2, 0.25) is 0 Å². The van der Waals surface area contributed by atoms with E-state index in [9.17, 15) is 4.79 Å². The van der Waals surface area contributed by atoms with Gasteiger partial charge in [-0.2, -0.15) is 4.73 Å². The van der Waals surface area contributed by atoms with Gasteiger partial charge < -0.3 is 4.84 Å². The molecule has 0 spiro atoms. The van der Waals surface area contributed by atoms with Crippen molar-refractivity contribution >= 4 is 29.5 Å². The van der Waals surface area contributed by atoms with E-state index >= 15 is 0 Å². The number of aromatic nitrogens is 1. The van der Waals surface area contributed by atoms with Crippen LogP contribution in [0.3, 0.4) is 0 Å². The van der Waals surface area contributed by atoms with Crippen LogP contribution in [0.5, 0.6) is 0 Å². The van der Waals surface area contributed by atoms with Crippen molar-refractivity contribution in [3.63, 3.8) is 0 Å². The summed E-state index contributed by atoms with van der Waals surface area (Å²) < 4.78 is 1.90. The van der Waals surface area contributed by atoms with E-state index in [1.54, 1.807) is 0 Å². The molecule has 1 aromatic rings. The predicted molar refractivity (Wildman–Crippen MR) is 45.1 cm³/mol. The normalized spacial score (nSPS) is 9.64. The molecule has 5 heteroatoms. The van der Waals surface area contributed by atoms with Crippen LogP contribution < -0.4 is 4.84 Å². The lowest BCUT2D eigenvalue weighted by atomic mass is 10.6. The molecule has 0 aliphatic heterocycles. The average molecular weight is 189 g/mol. The fourth-order valence-corrected chi connectivity index (χ4v) is 1.58. The molecule has 60 valence electrons. The van der Waals surface area contributed by atoms with Gasteiger partial charge in [0.05, 0.1) is 5.69 Å². The zero-order chi connectivity index (χ0) is 8.43. The van der Waals surface area contributed by atoms with Crippen molar-refractivity contribution in [1.82, 2.24) is 4.73 Å². The minimum Gasteiger partial charge on any atom is -0.335 e. The van der Waals surface area contributed by atoms with Crippen LogP contribution in [0.15, 0.2) is 5.38 Å². The Morgan fingerprint density at radius 1 is 1.82 bits per heavy atom. The van der Waals surface area contributed by atoms with Gasteiger partial charge in [-0.05, 0) is 19.1 Å². The number of nitrogens with zero attached hydrogens (tertiary/aromatic N) is 1. The van der Waals surface area contributed by atoms with Gasteiger partial charge in [0.1, 0.15) is 0 Å². The van der Waals surface area contributed by atoms with E-state index < -0.39 is 0 Å². The first kappa shape index (κ1) is 8.42. The van der Waals surface area contributed by atoms with Crippen LogP contribution in [-0.2, 0) is 4.79 Å². The second-order valence-electron chi connectivity index (χ2n) is 2.02. The fraction of sp³-hybridized carbons (Fsp3) is 0.333. The molecular formula is C6H7NO2S2. The van der Waals surface area contributed by atoms with Crippen LogP contribution in [0.1, 0.15) is 12.6 Å². The molecule has 0 unspecified atom stereocenters. The maximum absolute atomic E-state index is 10.5. The van der Waals surface area contributed by atoms with Crippen molar-refractivity contribution in [2.45, 2.75) is 13.8 Å². The molecule has 1 aromatic heterocycles. The van der Waals surface area contributed by atoms with E-state index in [0.29, 0.717) is 3.95 Å². The molecule has 0 bridgehead atoms. The van der Waals surface area contributed by atoms with Crippen LogP contribution in [0, 0.1) is 10.9 Å². The third-order valence-electron chi connectivity index (χ3n) is 1.04. The maximum atomic E-state index is 10.5. The van der Waals surface area contributed by atoms with E-state index in [2.05, 4.69) is 0 Å². The van der Waals surface area contributed by atoms with Gasteiger partial charge in [-0.15, -0.1) is 11.3 Å². The SMILES string of the molecule is CC(=O)On1c(C)csc1=S.